The molecule has 4 rings (SSSR count). The molecule has 5 N–H and O–H groups in total. The van der Waals surface area contributed by atoms with Crippen LogP contribution in [0.15, 0.2) is 97.2 Å². The van der Waals surface area contributed by atoms with Crippen LogP contribution in [0.1, 0.15) is 16.8 Å². The number of carbonyl (C=O) groups excluding carboxylic acids is 3. The predicted molar refractivity (Wildman–Crippen MR) is 143 cm³/mol. The van der Waals surface area contributed by atoms with Crippen LogP contribution in [-0.2, 0) is 33.8 Å². The van der Waals surface area contributed by atoms with Gasteiger partial charge in [0.2, 0.25) is 0 Å². The molecule has 1 aromatic heterocycles. The smallest absolute Gasteiger partial charge is 0.408 e. The van der Waals surface area contributed by atoms with Crippen LogP contribution in [0.2, 0.25) is 0 Å². The van der Waals surface area contributed by atoms with Crippen molar-refractivity contribution in [1.82, 2.24) is 15.3 Å². The summed E-state index contributed by atoms with van der Waals surface area (Å²) in [5, 5.41) is 4.94. The van der Waals surface area contributed by atoms with Gasteiger partial charge in [0.1, 0.15) is 12.6 Å². The first-order chi connectivity index (χ1) is 18.4. The average Bonchev–Trinajstić information content (AvgIpc) is 2.95. The maximum atomic E-state index is 13.4. The van der Waals surface area contributed by atoms with Gasteiger partial charge in [0.25, 0.3) is 11.8 Å². The van der Waals surface area contributed by atoms with Crippen molar-refractivity contribution in [3.63, 3.8) is 0 Å². The number of ether oxygens (including phenoxy) is 1. The number of nitrogens with zero attached hydrogens (tertiary/aromatic N) is 2. The van der Waals surface area contributed by atoms with Crippen LogP contribution in [0.25, 0.3) is 10.8 Å². The van der Waals surface area contributed by atoms with E-state index in [1.807, 2.05) is 72.8 Å². The second-order valence-electron chi connectivity index (χ2n) is 8.78. The van der Waals surface area contributed by atoms with Crippen LogP contribution < -0.4 is 16.9 Å². The third-order valence-electron chi connectivity index (χ3n) is 6.05. The van der Waals surface area contributed by atoms with Crippen LogP contribution in [0, 0.1) is 0 Å². The molecule has 2 atom stereocenters. The van der Waals surface area contributed by atoms with E-state index in [0.717, 1.165) is 21.9 Å². The molecule has 0 aliphatic heterocycles. The summed E-state index contributed by atoms with van der Waals surface area (Å²) in [6.45, 7) is 0.0159. The molecular formula is C29H29N5O4. The van der Waals surface area contributed by atoms with Gasteiger partial charge in [0, 0.05) is 24.7 Å². The van der Waals surface area contributed by atoms with Gasteiger partial charge < -0.3 is 15.8 Å². The van der Waals surface area contributed by atoms with Crippen LogP contribution in [0.3, 0.4) is 0 Å². The minimum atomic E-state index is -1.18. The minimum absolute atomic E-state index is 0.0159. The maximum Gasteiger partial charge on any atom is 0.408 e. The van der Waals surface area contributed by atoms with Crippen molar-refractivity contribution in [2.45, 2.75) is 31.5 Å². The number of pyridine rings is 1. The standard InChI is InChI=1S/C29H29N5O4/c30-25(18-23-14-6-7-16-32-23)27(35)34(31)28(36)26(33-29(37)38-19-20-9-2-1-3-10-20)17-22-13-8-12-21-11-4-5-15-24(21)22/h1-16,25-26H,17-19,30-31H2,(H,33,37)/t25?,26-/m0/s1. The number of hydrogen-bond donors (Lipinski definition) is 3. The zero-order chi connectivity index (χ0) is 26.9. The van der Waals surface area contributed by atoms with Crippen LogP contribution >= 0.6 is 0 Å². The van der Waals surface area contributed by atoms with Gasteiger partial charge in [-0.2, -0.15) is 0 Å². The van der Waals surface area contributed by atoms with Gasteiger partial charge in [-0.15, -0.1) is 0 Å². The zero-order valence-corrected chi connectivity index (χ0v) is 20.7. The van der Waals surface area contributed by atoms with Crippen molar-refractivity contribution in [3.8, 4) is 0 Å². The van der Waals surface area contributed by atoms with E-state index in [4.69, 9.17) is 16.3 Å². The van der Waals surface area contributed by atoms with E-state index in [9.17, 15) is 14.4 Å². The predicted octanol–water partition coefficient (Wildman–Crippen LogP) is 2.87. The van der Waals surface area contributed by atoms with Gasteiger partial charge in [-0.3, -0.25) is 14.6 Å². The van der Waals surface area contributed by atoms with Gasteiger partial charge in [-0.25, -0.2) is 15.6 Å². The number of benzene rings is 3. The number of amides is 3. The number of aromatic nitrogens is 1. The topological polar surface area (TPSA) is 141 Å². The number of nitrogens with one attached hydrogen (secondary N) is 1. The summed E-state index contributed by atoms with van der Waals surface area (Å²) < 4.78 is 5.32. The highest BCUT2D eigenvalue weighted by Gasteiger charge is 2.32. The molecule has 1 unspecified atom stereocenters. The Hall–Kier alpha value is -4.60. The summed E-state index contributed by atoms with van der Waals surface area (Å²) >= 11 is 0. The number of hydrazine groups is 1. The fraction of sp³-hybridized carbons (Fsp3) is 0.172. The first-order valence-corrected chi connectivity index (χ1v) is 12.1. The number of nitrogens with two attached hydrogens (primary N) is 2. The monoisotopic (exact) mass is 511 g/mol. The molecule has 0 saturated carbocycles. The Morgan fingerprint density at radius 1 is 0.842 bits per heavy atom. The van der Waals surface area contributed by atoms with E-state index >= 15 is 0 Å². The lowest BCUT2D eigenvalue weighted by Crippen LogP contribution is -2.58. The summed E-state index contributed by atoms with van der Waals surface area (Å²) in [7, 11) is 0. The van der Waals surface area contributed by atoms with Crippen molar-refractivity contribution in [2.75, 3.05) is 0 Å². The Morgan fingerprint density at radius 2 is 1.55 bits per heavy atom. The molecule has 0 fully saturated rings. The van der Waals surface area contributed by atoms with E-state index in [2.05, 4.69) is 10.3 Å². The fourth-order valence-electron chi connectivity index (χ4n) is 4.08. The Morgan fingerprint density at radius 3 is 2.32 bits per heavy atom. The number of hydrogen-bond acceptors (Lipinski definition) is 7. The lowest BCUT2D eigenvalue weighted by atomic mass is 9.98. The molecule has 0 bridgehead atoms. The summed E-state index contributed by atoms with van der Waals surface area (Å²) in [4.78, 5) is 43.2. The quantitative estimate of drug-likeness (QED) is 0.178. The first kappa shape index (κ1) is 26.5. The number of carbonyl (C=O) groups is 3. The molecule has 4 aromatic rings. The van der Waals surface area contributed by atoms with Gasteiger partial charge in [-0.1, -0.05) is 78.9 Å². The van der Waals surface area contributed by atoms with Gasteiger partial charge in [0.15, 0.2) is 0 Å². The molecule has 0 radical (unpaired) electrons. The van der Waals surface area contributed by atoms with E-state index < -0.39 is 30.0 Å². The minimum Gasteiger partial charge on any atom is -0.445 e. The average molecular weight is 512 g/mol. The third-order valence-corrected chi connectivity index (χ3v) is 6.05. The van der Waals surface area contributed by atoms with Crippen molar-refractivity contribution >= 4 is 28.7 Å². The van der Waals surface area contributed by atoms with Crippen LogP contribution in [0.4, 0.5) is 4.79 Å². The molecule has 0 saturated heterocycles. The van der Waals surface area contributed by atoms with Gasteiger partial charge in [0.05, 0.1) is 6.04 Å². The van der Waals surface area contributed by atoms with Crippen molar-refractivity contribution in [3.05, 3.63) is 114 Å². The highest BCUT2D eigenvalue weighted by atomic mass is 16.5. The largest absolute Gasteiger partial charge is 0.445 e. The lowest BCUT2D eigenvalue weighted by Gasteiger charge is -2.25. The molecule has 1 heterocycles. The van der Waals surface area contributed by atoms with E-state index in [1.54, 1.807) is 24.4 Å². The van der Waals surface area contributed by atoms with Crippen LogP contribution in [-0.4, -0.2) is 40.0 Å². The van der Waals surface area contributed by atoms with E-state index in [-0.39, 0.29) is 19.4 Å². The van der Waals surface area contributed by atoms with Crippen molar-refractivity contribution in [1.29, 1.82) is 0 Å². The number of fused-ring (bicyclic) bond motifs is 1. The fourth-order valence-corrected chi connectivity index (χ4v) is 4.08. The normalized spacial score (nSPS) is 12.4. The highest BCUT2D eigenvalue weighted by molar-refractivity contribution is 6.00. The first-order valence-electron chi connectivity index (χ1n) is 12.1. The lowest BCUT2D eigenvalue weighted by molar-refractivity contribution is -0.147. The SMILES string of the molecule is NC(Cc1ccccn1)C(=O)N(N)C(=O)[C@H](Cc1cccc2ccccc12)NC(=O)OCc1ccccc1. The number of rotatable bonds is 9. The Kier molecular flexibility index (Phi) is 8.76. The zero-order valence-electron chi connectivity index (χ0n) is 20.7. The summed E-state index contributed by atoms with van der Waals surface area (Å²) in [6.07, 6.45) is 0.951. The third kappa shape index (κ3) is 6.78. The molecule has 9 nitrogen and oxygen atoms in total. The Bertz CT molecular complexity index is 1390. The number of alkyl carbamates (subject to hydrolysis) is 1. The molecule has 9 heteroatoms. The van der Waals surface area contributed by atoms with E-state index in [0.29, 0.717) is 10.7 Å². The molecule has 38 heavy (non-hydrogen) atoms. The van der Waals surface area contributed by atoms with Gasteiger partial charge in [-0.05, 0) is 34.0 Å². The summed E-state index contributed by atoms with van der Waals surface area (Å²) in [5.74, 6) is 4.37. The maximum absolute atomic E-state index is 13.4. The van der Waals surface area contributed by atoms with Gasteiger partial charge >= 0.3 is 6.09 Å². The molecule has 0 aliphatic carbocycles. The Labute approximate surface area is 220 Å². The van der Waals surface area contributed by atoms with E-state index in [1.165, 1.54) is 0 Å². The number of imide groups is 1. The second-order valence-corrected chi connectivity index (χ2v) is 8.78. The summed E-state index contributed by atoms with van der Waals surface area (Å²) in [6, 6.07) is 25.5. The molecule has 0 spiro atoms. The molecule has 3 aromatic carbocycles. The Balaban J connectivity index is 1.52. The summed E-state index contributed by atoms with van der Waals surface area (Å²) in [5.41, 5.74) is 8.22. The van der Waals surface area contributed by atoms with Crippen molar-refractivity contribution < 1.29 is 19.1 Å². The second kappa shape index (κ2) is 12.6. The van der Waals surface area contributed by atoms with Crippen molar-refractivity contribution in [2.24, 2.45) is 11.6 Å². The van der Waals surface area contributed by atoms with Crippen LogP contribution in [0.5, 0.6) is 0 Å². The molecular weight excluding hydrogens is 482 g/mol. The molecule has 194 valence electrons. The molecule has 0 aliphatic rings. The highest BCUT2D eigenvalue weighted by Crippen LogP contribution is 2.20. The molecule has 3 amide bonds.